The van der Waals surface area contributed by atoms with Crippen molar-refractivity contribution in [3.8, 4) is 0 Å². The summed E-state index contributed by atoms with van der Waals surface area (Å²) in [5.74, 6) is 1.85. The van der Waals surface area contributed by atoms with Gasteiger partial charge in [-0.2, -0.15) is 5.01 Å². The van der Waals surface area contributed by atoms with Gasteiger partial charge in [-0.3, -0.25) is 9.84 Å². The van der Waals surface area contributed by atoms with Crippen LogP contribution in [0.4, 0.5) is 10.7 Å². The van der Waals surface area contributed by atoms with Crippen molar-refractivity contribution < 1.29 is 18.8 Å². The monoisotopic (exact) mass is 351 g/mol. The van der Waals surface area contributed by atoms with E-state index in [1.54, 1.807) is 11.0 Å². The maximum Gasteiger partial charge on any atom is 0.414 e. The molecule has 1 aliphatic heterocycles. The lowest BCUT2D eigenvalue weighted by Crippen LogP contribution is -2.60. The molecular formula is C18H31N4O3+. The second-order valence-electron chi connectivity index (χ2n) is 7.90. The number of aromatic nitrogens is 2. The van der Waals surface area contributed by atoms with E-state index in [1.165, 1.54) is 12.8 Å². The quantitative estimate of drug-likeness (QED) is 0.844. The second kappa shape index (κ2) is 8.06. The number of hydrogen-bond acceptors (Lipinski definition) is 5. The molecule has 0 bridgehead atoms. The van der Waals surface area contributed by atoms with Crippen LogP contribution >= 0.6 is 0 Å². The van der Waals surface area contributed by atoms with Gasteiger partial charge in [0.25, 0.3) is 6.20 Å². The summed E-state index contributed by atoms with van der Waals surface area (Å²) in [6.45, 7) is 8.54. The number of amides is 1. The Balaban J connectivity index is 1.55. The van der Waals surface area contributed by atoms with Crippen LogP contribution in [0.1, 0.15) is 59.3 Å². The molecule has 2 heterocycles. The van der Waals surface area contributed by atoms with E-state index in [-0.39, 0.29) is 6.10 Å². The van der Waals surface area contributed by atoms with E-state index in [0.717, 1.165) is 38.8 Å². The lowest BCUT2D eigenvalue weighted by molar-refractivity contribution is -0.759. The van der Waals surface area contributed by atoms with Crippen molar-refractivity contribution in [2.75, 3.05) is 23.4 Å². The average molecular weight is 351 g/mol. The molecule has 3 rings (SSSR count). The molecule has 3 atom stereocenters. The molecule has 1 aromatic heterocycles. The minimum absolute atomic E-state index is 0.0270. The van der Waals surface area contributed by atoms with Crippen LogP contribution in [-0.2, 0) is 4.74 Å². The molecule has 1 saturated heterocycles. The lowest BCUT2D eigenvalue weighted by atomic mass is 9.75. The number of rotatable bonds is 4. The van der Waals surface area contributed by atoms with Crippen LogP contribution in [0.2, 0.25) is 0 Å². The van der Waals surface area contributed by atoms with Crippen molar-refractivity contribution in [2.24, 2.45) is 17.8 Å². The molecule has 1 aromatic rings. The smallest absolute Gasteiger partial charge is 0.414 e. The van der Waals surface area contributed by atoms with Gasteiger partial charge in [0.05, 0.1) is 17.9 Å². The molecule has 2 fully saturated rings. The third kappa shape index (κ3) is 4.64. The van der Waals surface area contributed by atoms with Crippen molar-refractivity contribution >= 4 is 12.0 Å². The third-order valence-corrected chi connectivity index (χ3v) is 5.52. The molecule has 25 heavy (non-hydrogen) atoms. The van der Waals surface area contributed by atoms with Crippen LogP contribution in [0.3, 0.4) is 0 Å². The maximum absolute atomic E-state index is 12.3. The first-order valence-electron chi connectivity index (χ1n) is 9.64. The summed E-state index contributed by atoms with van der Waals surface area (Å²) in [7, 11) is 0. The fourth-order valence-electron chi connectivity index (χ4n) is 4.03. The Labute approximate surface area is 149 Å². The number of nitrogens with zero attached hydrogens (tertiary/aromatic N) is 3. The summed E-state index contributed by atoms with van der Waals surface area (Å²) >= 11 is 0. The van der Waals surface area contributed by atoms with Gasteiger partial charge in [-0.15, -0.1) is 0 Å². The van der Waals surface area contributed by atoms with Crippen LogP contribution in [0.5, 0.6) is 0 Å². The molecule has 2 aliphatic rings. The van der Waals surface area contributed by atoms with Crippen LogP contribution in [0, 0.1) is 17.8 Å². The Morgan fingerprint density at radius 3 is 2.84 bits per heavy atom. The predicted octanol–water partition coefficient (Wildman–Crippen LogP) is 3.09. The van der Waals surface area contributed by atoms with Gasteiger partial charge in [-0.1, -0.05) is 27.2 Å². The van der Waals surface area contributed by atoms with E-state index in [2.05, 4.69) is 36.4 Å². The molecule has 140 valence electrons. The molecule has 1 N–H and O–H groups in total. The molecule has 1 aliphatic carbocycles. The summed E-state index contributed by atoms with van der Waals surface area (Å²) in [5.41, 5.74) is 0. The SMILES string of the molecule is CC1CCC(C(C)C)C(OC(=O)Nc2c[n+](N3CCCCC3)no2)C1. The maximum atomic E-state index is 12.3. The zero-order valence-corrected chi connectivity index (χ0v) is 15.6. The summed E-state index contributed by atoms with van der Waals surface area (Å²) in [6, 6.07) is 0. The number of ether oxygens (including phenoxy) is 1. The zero-order chi connectivity index (χ0) is 17.8. The van der Waals surface area contributed by atoms with Crippen molar-refractivity contribution in [2.45, 2.75) is 65.4 Å². The van der Waals surface area contributed by atoms with Crippen LogP contribution in [0.25, 0.3) is 0 Å². The second-order valence-corrected chi connectivity index (χ2v) is 7.90. The first-order valence-corrected chi connectivity index (χ1v) is 9.64. The van der Waals surface area contributed by atoms with Crippen LogP contribution in [0.15, 0.2) is 10.7 Å². The van der Waals surface area contributed by atoms with Gasteiger partial charge in [0.15, 0.2) is 0 Å². The van der Waals surface area contributed by atoms with E-state index in [9.17, 15) is 4.79 Å². The lowest BCUT2D eigenvalue weighted by Gasteiger charge is -2.36. The largest absolute Gasteiger partial charge is 0.446 e. The molecule has 0 spiro atoms. The summed E-state index contributed by atoms with van der Waals surface area (Å²) in [6.07, 6.45) is 8.05. The highest BCUT2D eigenvalue weighted by atomic mass is 16.6. The fourth-order valence-corrected chi connectivity index (χ4v) is 4.03. The number of anilines is 1. The van der Waals surface area contributed by atoms with Gasteiger partial charge in [0.1, 0.15) is 6.10 Å². The molecule has 0 radical (unpaired) electrons. The van der Waals surface area contributed by atoms with Gasteiger partial charge in [0, 0.05) is 0 Å². The van der Waals surface area contributed by atoms with Crippen molar-refractivity contribution in [3.63, 3.8) is 0 Å². The van der Waals surface area contributed by atoms with Crippen molar-refractivity contribution in [1.29, 1.82) is 0 Å². The van der Waals surface area contributed by atoms with Gasteiger partial charge in [-0.25, -0.2) is 4.79 Å². The number of nitrogens with one attached hydrogen (secondary N) is 1. The van der Waals surface area contributed by atoms with Crippen molar-refractivity contribution in [3.05, 3.63) is 6.20 Å². The Kier molecular flexibility index (Phi) is 5.81. The predicted molar refractivity (Wildman–Crippen MR) is 93.7 cm³/mol. The number of carbonyl (C=O) groups excluding carboxylic acids is 1. The highest BCUT2D eigenvalue weighted by molar-refractivity contribution is 5.82. The van der Waals surface area contributed by atoms with E-state index >= 15 is 0 Å². The normalized spacial score (nSPS) is 27.4. The Bertz CT molecular complexity index is 568. The highest BCUT2D eigenvalue weighted by Crippen LogP contribution is 2.35. The Morgan fingerprint density at radius 1 is 1.36 bits per heavy atom. The minimum atomic E-state index is -0.452. The summed E-state index contributed by atoms with van der Waals surface area (Å²) < 4.78 is 11.0. The molecule has 7 nitrogen and oxygen atoms in total. The van der Waals surface area contributed by atoms with E-state index < -0.39 is 6.09 Å². The number of piperidine rings is 1. The van der Waals surface area contributed by atoms with Gasteiger partial charge in [-0.05, 0) is 49.9 Å². The number of carbonyl (C=O) groups is 1. The van der Waals surface area contributed by atoms with Crippen LogP contribution < -0.4 is 15.1 Å². The molecule has 3 unspecified atom stereocenters. The van der Waals surface area contributed by atoms with Crippen LogP contribution in [-0.4, -0.2) is 30.6 Å². The standard InChI is InChI=1S/C18H30N4O3/c1-13(2)15-8-7-14(3)11-16(15)24-18(23)19-17-12-22(20-25-17)21-9-5-4-6-10-21/h12-16H,4-11H2,1-3H3/p+1. The first kappa shape index (κ1) is 18.0. The fraction of sp³-hybridized carbons (Fsp3) is 0.833. The van der Waals surface area contributed by atoms with Gasteiger partial charge < -0.3 is 4.74 Å². The summed E-state index contributed by atoms with van der Waals surface area (Å²) in [5, 5.41) is 8.79. The first-order chi connectivity index (χ1) is 12.0. The van der Waals surface area contributed by atoms with E-state index in [0.29, 0.717) is 23.6 Å². The topological polar surface area (TPSA) is 71.5 Å². The summed E-state index contributed by atoms with van der Waals surface area (Å²) in [4.78, 5) is 14.0. The van der Waals surface area contributed by atoms with Gasteiger partial charge >= 0.3 is 12.0 Å². The molecule has 1 saturated carbocycles. The number of hydrogen-bond donors (Lipinski definition) is 1. The third-order valence-electron chi connectivity index (χ3n) is 5.52. The zero-order valence-electron chi connectivity index (χ0n) is 15.6. The van der Waals surface area contributed by atoms with E-state index in [1.807, 2.05) is 0 Å². The molecule has 0 aromatic carbocycles. The van der Waals surface area contributed by atoms with E-state index in [4.69, 9.17) is 9.26 Å². The van der Waals surface area contributed by atoms with Crippen molar-refractivity contribution in [1.82, 2.24) is 5.27 Å². The average Bonchev–Trinajstić information content (AvgIpc) is 3.03. The Hall–Kier alpha value is -1.79. The Morgan fingerprint density at radius 2 is 2.12 bits per heavy atom. The molecule has 7 heteroatoms. The molecule has 1 amide bonds. The molecular weight excluding hydrogens is 320 g/mol. The van der Waals surface area contributed by atoms with Gasteiger partial charge in [0.2, 0.25) is 5.27 Å². The highest BCUT2D eigenvalue weighted by Gasteiger charge is 2.34. The minimum Gasteiger partial charge on any atom is -0.446 e.